The van der Waals surface area contributed by atoms with Gasteiger partial charge in [-0.05, 0) is 46.0 Å². The molecule has 1 N–H and O–H groups in total. The van der Waals surface area contributed by atoms with Gasteiger partial charge in [0.2, 0.25) is 5.69 Å². The van der Waals surface area contributed by atoms with Gasteiger partial charge in [-0.15, -0.1) is 0 Å². The average Bonchev–Trinajstić information content (AvgIpc) is 2.60. The number of benzene rings is 3. The molecule has 0 aliphatic heterocycles. The largest absolute Gasteiger partial charge is 0.218 e. The van der Waals surface area contributed by atoms with Crippen molar-refractivity contribution < 1.29 is 4.98 Å². The first kappa shape index (κ1) is 14.9. The molecule has 4 rings (SSSR count). The molecule has 0 aliphatic rings. The van der Waals surface area contributed by atoms with Gasteiger partial charge in [0.25, 0.3) is 0 Å². The fraction of sp³-hybridized carbons (Fsp3) is 0.174. The van der Waals surface area contributed by atoms with E-state index in [2.05, 4.69) is 92.5 Å². The van der Waals surface area contributed by atoms with Gasteiger partial charge in [-0.3, -0.25) is 0 Å². The van der Waals surface area contributed by atoms with Crippen LogP contribution in [0, 0.1) is 0 Å². The molecular formula is C23H22N+. The monoisotopic (exact) mass is 312 g/mol. The van der Waals surface area contributed by atoms with Crippen LogP contribution in [0.4, 0.5) is 0 Å². The highest BCUT2D eigenvalue weighted by molar-refractivity contribution is 6.10. The van der Waals surface area contributed by atoms with Gasteiger partial charge in [-0.25, -0.2) is 4.98 Å². The molecule has 0 saturated heterocycles. The summed E-state index contributed by atoms with van der Waals surface area (Å²) in [6.45, 7) is 6.80. The van der Waals surface area contributed by atoms with Crippen LogP contribution in [0.2, 0.25) is 0 Å². The van der Waals surface area contributed by atoms with Crippen LogP contribution in [0.5, 0.6) is 0 Å². The van der Waals surface area contributed by atoms with Crippen LogP contribution >= 0.6 is 0 Å². The molecule has 24 heavy (non-hydrogen) atoms. The number of hydrogen-bond acceptors (Lipinski definition) is 0. The summed E-state index contributed by atoms with van der Waals surface area (Å²) in [5.41, 5.74) is 3.92. The van der Waals surface area contributed by atoms with Gasteiger partial charge in [0, 0.05) is 17.0 Å². The van der Waals surface area contributed by atoms with E-state index in [4.69, 9.17) is 0 Å². The van der Waals surface area contributed by atoms with Crippen LogP contribution in [0.25, 0.3) is 32.8 Å². The van der Waals surface area contributed by atoms with Crippen molar-refractivity contribution in [3.63, 3.8) is 0 Å². The predicted octanol–water partition coefficient (Wildman–Crippen LogP) is 5.77. The number of aromatic nitrogens is 1. The summed E-state index contributed by atoms with van der Waals surface area (Å²) in [7, 11) is 0. The first-order chi connectivity index (χ1) is 11.5. The quantitative estimate of drug-likeness (QED) is 0.396. The molecule has 1 heteroatoms. The molecule has 0 aliphatic carbocycles. The highest BCUT2D eigenvalue weighted by Gasteiger charge is 2.16. The van der Waals surface area contributed by atoms with Crippen molar-refractivity contribution >= 4 is 21.5 Å². The smallest absolute Gasteiger partial charge is 0.211 e. The molecule has 4 aromatic rings. The van der Waals surface area contributed by atoms with Gasteiger partial charge in [0.15, 0.2) is 6.20 Å². The summed E-state index contributed by atoms with van der Waals surface area (Å²) in [5, 5.41) is 5.19. The minimum absolute atomic E-state index is 0.152. The summed E-state index contributed by atoms with van der Waals surface area (Å²) < 4.78 is 0. The summed E-state index contributed by atoms with van der Waals surface area (Å²) in [6.07, 6.45) is 2.05. The van der Waals surface area contributed by atoms with E-state index in [-0.39, 0.29) is 5.41 Å². The molecule has 1 nitrogen and oxygen atoms in total. The first-order valence-corrected chi connectivity index (χ1v) is 8.47. The molecule has 0 unspecified atom stereocenters. The topological polar surface area (TPSA) is 14.1 Å². The third-order valence-corrected chi connectivity index (χ3v) is 4.74. The third kappa shape index (κ3) is 2.46. The number of aromatic amines is 1. The SMILES string of the molecule is CC(C)(C)c1ccc2ccc3c(-c4ccccc4)[nH+]ccc3c2c1. The maximum Gasteiger partial charge on any atom is 0.218 e. The minimum Gasteiger partial charge on any atom is -0.211 e. The normalized spacial score (nSPS) is 12.0. The Morgan fingerprint density at radius 3 is 2.21 bits per heavy atom. The summed E-state index contributed by atoms with van der Waals surface area (Å²) in [4.78, 5) is 3.44. The molecule has 118 valence electrons. The van der Waals surface area contributed by atoms with Crippen molar-refractivity contribution in [3.8, 4) is 11.3 Å². The van der Waals surface area contributed by atoms with Crippen LogP contribution in [0.1, 0.15) is 26.3 Å². The Balaban J connectivity index is 2.05. The van der Waals surface area contributed by atoms with E-state index in [1.807, 2.05) is 6.20 Å². The van der Waals surface area contributed by atoms with Crippen molar-refractivity contribution in [2.45, 2.75) is 26.2 Å². The Hall–Kier alpha value is -2.67. The van der Waals surface area contributed by atoms with Crippen LogP contribution in [-0.2, 0) is 5.41 Å². The van der Waals surface area contributed by atoms with Gasteiger partial charge in [0.1, 0.15) is 0 Å². The third-order valence-electron chi connectivity index (χ3n) is 4.74. The molecule has 0 atom stereocenters. The van der Waals surface area contributed by atoms with Crippen LogP contribution in [0.3, 0.4) is 0 Å². The van der Waals surface area contributed by atoms with Crippen molar-refractivity contribution in [2.75, 3.05) is 0 Å². The van der Waals surface area contributed by atoms with E-state index < -0.39 is 0 Å². The molecular weight excluding hydrogens is 290 g/mol. The van der Waals surface area contributed by atoms with Gasteiger partial charge in [0.05, 0.1) is 5.39 Å². The van der Waals surface area contributed by atoms with Gasteiger partial charge in [-0.2, -0.15) is 0 Å². The molecule has 0 saturated carbocycles. The van der Waals surface area contributed by atoms with Gasteiger partial charge < -0.3 is 0 Å². The molecule has 0 fully saturated rings. The fourth-order valence-corrected chi connectivity index (χ4v) is 3.34. The second kappa shape index (κ2) is 5.45. The Bertz CT molecular complexity index is 1020. The van der Waals surface area contributed by atoms with Gasteiger partial charge >= 0.3 is 0 Å². The van der Waals surface area contributed by atoms with Gasteiger partial charge in [-0.1, -0.05) is 57.2 Å². The Morgan fingerprint density at radius 2 is 1.46 bits per heavy atom. The lowest BCUT2D eigenvalue weighted by molar-refractivity contribution is -0.362. The van der Waals surface area contributed by atoms with Crippen molar-refractivity contribution in [2.24, 2.45) is 0 Å². The molecule has 1 heterocycles. The Kier molecular flexibility index (Phi) is 3.38. The van der Waals surface area contributed by atoms with E-state index in [0.29, 0.717) is 0 Å². The van der Waals surface area contributed by atoms with Crippen molar-refractivity contribution in [3.05, 3.63) is 78.5 Å². The summed E-state index contributed by atoms with van der Waals surface area (Å²) in [5.74, 6) is 0. The van der Waals surface area contributed by atoms with Crippen LogP contribution in [-0.4, -0.2) is 0 Å². The van der Waals surface area contributed by atoms with E-state index in [0.717, 1.165) is 0 Å². The number of fused-ring (bicyclic) bond motifs is 3. The Morgan fingerprint density at radius 1 is 0.708 bits per heavy atom. The predicted molar refractivity (Wildman–Crippen MR) is 102 cm³/mol. The zero-order valence-corrected chi connectivity index (χ0v) is 14.4. The minimum atomic E-state index is 0.152. The second-order valence-electron chi connectivity index (χ2n) is 7.43. The molecule has 0 spiro atoms. The Labute approximate surface area is 143 Å². The van der Waals surface area contributed by atoms with Crippen LogP contribution in [0.15, 0.2) is 72.9 Å². The molecule has 0 bridgehead atoms. The molecule has 0 radical (unpaired) electrons. The zero-order chi connectivity index (χ0) is 16.7. The van der Waals surface area contributed by atoms with E-state index >= 15 is 0 Å². The summed E-state index contributed by atoms with van der Waals surface area (Å²) >= 11 is 0. The lowest BCUT2D eigenvalue weighted by Crippen LogP contribution is -2.10. The fourth-order valence-electron chi connectivity index (χ4n) is 3.34. The maximum absolute atomic E-state index is 3.44. The highest BCUT2D eigenvalue weighted by Crippen LogP contribution is 2.33. The molecule has 0 amide bonds. The number of hydrogen-bond donors (Lipinski definition) is 0. The van der Waals surface area contributed by atoms with E-state index in [1.54, 1.807) is 0 Å². The van der Waals surface area contributed by atoms with Crippen LogP contribution < -0.4 is 4.98 Å². The molecule has 1 aromatic heterocycles. The van der Waals surface area contributed by atoms with E-state index in [9.17, 15) is 0 Å². The second-order valence-corrected chi connectivity index (χ2v) is 7.43. The number of pyridine rings is 1. The lowest BCUT2D eigenvalue weighted by Gasteiger charge is -2.19. The average molecular weight is 312 g/mol. The van der Waals surface area contributed by atoms with Crippen molar-refractivity contribution in [1.82, 2.24) is 0 Å². The number of H-pyrrole nitrogens is 1. The maximum atomic E-state index is 3.44. The van der Waals surface area contributed by atoms with E-state index in [1.165, 1.54) is 38.4 Å². The highest BCUT2D eigenvalue weighted by atomic mass is 14.7. The number of nitrogens with one attached hydrogen (secondary N) is 1. The lowest BCUT2D eigenvalue weighted by atomic mass is 9.85. The first-order valence-electron chi connectivity index (χ1n) is 8.47. The number of rotatable bonds is 1. The summed E-state index contributed by atoms with van der Waals surface area (Å²) in [6, 6.07) is 24.0. The zero-order valence-electron chi connectivity index (χ0n) is 14.4. The molecule has 3 aromatic carbocycles. The van der Waals surface area contributed by atoms with Crippen molar-refractivity contribution in [1.29, 1.82) is 0 Å². The standard InChI is InChI=1S/C23H21N/c1-23(2,3)18-11-9-16-10-12-20-19(21(16)15-18)13-14-24-22(20)17-7-5-4-6-8-17/h4-15H,1-3H3/p+1.